The van der Waals surface area contributed by atoms with Gasteiger partial charge in [-0.2, -0.15) is 0 Å². The molecule has 21 heavy (non-hydrogen) atoms. The van der Waals surface area contributed by atoms with Gasteiger partial charge in [-0.3, -0.25) is 10.3 Å². The van der Waals surface area contributed by atoms with E-state index < -0.39 is 11.6 Å². The predicted octanol–water partition coefficient (Wildman–Crippen LogP) is 2.77. The molecule has 2 aliphatic rings. The molecule has 0 aromatic heterocycles. The Morgan fingerprint density at radius 1 is 1.57 bits per heavy atom. The van der Waals surface area contributed by atoms with Crippen molar-refractivity contribution in [1.29, 1.82) is 0 Å². The number of amidine groups is 1. The summed E-state index contributed by atoms with van der Waals surface area (Å²) in [6.45, 7) is 0. The fourth-order valence-electron chi connectivity index (χ4n) is 3.27. The highest BCUT2D eigenvalue weighted by molar-refractivity contribution is 8.13. The summed E-state index contributed by atoms with van der Waals surface area (Å²) in [5, 5.41) is 11.5. The molecule has 0 spiro atoms. The van der Waals surface area contributed by atoms with Gasteiger partial charge in [0.15, 0.2) is 5.17 Å². The lowest BCUT2D eigenvalue weighted by Gasteiger charge is -2.36. The van der Waals surface area contributed by atoms with Crippen LogP contribution in [0.3, 0.4) is 0 Å². The van der Waals surface area contributed by atoms with Gasteiger partial charge in [0.05, 0.1) is 5.54 Å². The van der Waals surface area contributed by atoms with Crippen LogP contribution in [0.15, 0.2) is 23.2 Å². The van der Waals surface area contributed by atoms with Crippen molar-refractivity contribution < 1.29 is 14.3 Å². The molecule has 1 saturated carbocycles. The first-order valence-corrected chi connectivity index (χ1v) is 7.78. The molecule has 5 nitrogen and oxygen atoms in total. The average molecular weight is 309 g/mol. The minimum absolute atomic E-state index is 0.207. The Kier molecular flexibility index (Phi) is 3.52. The van der Waals surface area contributed by atoms with E-state index in [4.69, 9.17) is 10.8 Å². The third-order valence-electron chi connectivity index (χ3n) is 4.18. The van der Waals surface area contributed by atoms with Gasteiger partial charge in [-0.15, -0.1) is 0 Å². The number of nitrogens with zero attached hydrogens (tertiary/aromatic N) is 1. The van der Waals surface area contributed by atoms with Crippen molar-refractivity contribution in [3.05, 3.63) is 29.6 Å². The van der Waals surface area contributed by atoms with Gasteiger partial charge in [-0.1, -0.05) is 18.2 Å². The topological polar surface area (TPSA) is 87.7 Å². The molecule has 1 aromatic rings. The average Bonchev–Trinajstić information content (AvgIpc) is 2.84. The van der Waals surface area contributed by atoms with Gasteiger partial charge in [0, 0.05) is 17.0 Å². The summed E-state index contributed by atoms with van der Waals surface area (Å²) in [6, 6.07) is 4.51. The predicted molar refractivity (Wildman–Crippen MR) is 80.9 cm³/mol. The SMILES string of the molecule is Nc1ccc(F)c(C23CCCC2CSC(NC(=O)O)=N3)c1. The van der Waals surface area contributed by atoms with Crippen molar-refractivity contribution in [3.8, 4) is 0 Å². The molecule has 1 aromatic carbocycles. The van der Waals surface area contributed by atoms with Gasteiger partial charge in [-0.05, 0) is 37.0 Å². The van der Waals surface area contributed by atoms with Crippen molar-refractivity contribution in [3.63, 3.8) is 0 Å². The molecule has 1 fully saturated rings. The van der Waals surface area contributed by atoms with Crippen LogP contribution < -0.4 is 11.1 Å². The Hall–Kier alpha value is -1.76. The van der Waals surface area contributed by atoms with Gasteiger partial charge in [0.2, 0.25) is 0 Å². The van der Waals surface area contributed by atoms with Crippen molar-refractivity contribution in [2.24, 2.45) is 10.9 Å². The summed E-state index contributed by atoms with van der Waals surface area (Å²) in [6.07, 6.45) is 1.47. The van der Waals surface area contributed by atoms with E-state index in [1.165, 1.54) is 23.9 Å². The smallest absolute Gasteiger partial charge is 0.410 e. The maximum Gasteiger partial charge on any atom is 0.410 e. The van der Waals surface area contributed by atoms with Crippen LogP contribution in [-0.2, 0) is 5.54 Å². The number of halogens is 1. The molecule has 0 radical (unpaired) electrons. The fourth-order valence-corrected chi connectivity index (χ4v) is 4.46. The Labute approximate surface area is 125 Å². The molecule has 1 heterocycles. The molecule has 0 bridgehead atoms. The minimum atomic E-state index is -1.15. The Balaban J connectivity index is 2.09. The lowest BCUT2D eigenvalue weighted by molar-refractivity contribution is 0.200. The molecule has 3 rings (SSSR count). The number of amides is 1. The van der Waals surface area contributed by atoms with E-state index in [0.717, 1.165) is 18.6 Å². The molecule has 1 amide bonds. The molecule has 4 N–H and O–H groups in total. The van der Waals surface area contributed by atoms with Crippen LogP contribution in [0, 0.1) is 11.7 Å². The lowest BCUT2D eigenvalue weighted by atomic mass is 9.81. The summed E-state index contributed by atoms with van der Waals surface area (Å²) >= 11 is 1.38. The van der Waals surface area contributed by atoms with Gasteiger partial charge in [0.25, 0.3) is 0 Å². The van der Waals surface area contributed by atoms with Gasteiger partial charge in [-0.25, -0.2) is 9.18 Å². The van der Waals surface area contributed by atoms with E-state index in [9.17, 15) is 9.18 Å². The molecule has 1 aliphatic carbocycles. The number of benzene rings is 1. The zero-order valence-electron chi connectivity index (χ0n) is 11.3. The number of aliphatic imine (C=N–C) groups is 1. The van der Waals surface area contributed by atoms with Gasteiger partial charge in [0.1, 0.15) is 5.82 Å². The largest absolute Gasteiger partial charge is 0.465 e. The zero-order valence-corrected chi connectivity index (χ0v) is 12.1. The van der Waals surface area contributed by atoms with Crippen LogP contribution in [0.2, 0.25) is 0 Å². The van der Waals surface area contributed by atoms with E-state index in [-0.39, 0.29) is 11.7 Å². The number of nitrogen functional groups attached to an aromatic ring is 1. The first kappa shape index (κ1) is 14.2. The molecule has 0 saturated heterocycles. The van der Waals surface area contributed by atoms with E-state index >= 15 is 0 Å². The molecule has 1 aliphatic heterocycles. The number of nitrogens with two attached hydrogens (primary N) is 1. The summed E-state index contributed by atoms with van der Waals surface area (Å²) in [4.78, 5) is 15.4. The summed E-state index contributed by atoms with van der Waals surface area (Å²) in [5.74, 6) is 0.604. The lowest BCUT2D eigenvalue weighted by Crippen LogP contribution is -2.40. The Bertz CT molecular complexity index is 622. The fraction of sp³-hybridized carbons (Fsp3) is 0.429. The number of anilines is 1. The van der Waals surface area contributed by atoms with E-state index in [1.54, 1.807) is 6.07 Å². The maximum absolute atomic E-state index is 14.3. The van der Waals surface area contributed by atoms with Crippen molar-refractivity contribution in [2.75, 3.05) is 11.5 Å². The van der Waals surface area contributed by atoms with Crippen molar-refractivity contribution in [2.45, 2.75) is 24.8 Å². The molecular weight excluding hydrogens is 293 g/mol. The third kappa shape index (κ3) is 2.46. The minimum Gasteiger partial charge on any atom is -0.465 e. The zero-order chi connectivity index (χ0) is 15.0. The van der Waals surface area contributed by atoms with Crippen LogP contribution in [-0.4, -0.2) is 22.1 Å². The maximum atomic E-state index is 14.3. The Morgan fingerprint density at radius 2 is 2.38 bits per heavy atom. The summed E-state index contributed by atoms with van der Waals surface area (Å²) in [5.41, 5.74) is 6.08. The first-order valence-electron chi connectivity index (χ1n) is 6.79. The van der Waals surface area contributed by atoms with Crippen LogP contribution in [0.5, 0.6) is 0 Å². The monoisotopic (exact) mass is 309 g/mol. The molecule has 2 unspecified atom stereocenters. The first-order chi connectivity index (χ1) is 10.0. The van der Waals surface area contributed by atoms with Gasteiger partial charge >= 0.3 is 6.09 Å². The molecular formula is C14H16FN3O2S. The van der Waals surface area contributed by atoms with E-state index in [1.807, 2.05) is 0 Å². The van der Waals surface area contributed by atoms with E-state index in [2.05, 4.69) is 10.3 Å². The van der Waals surface area contributed by atoms with Crippen molar-refractivity contribution >= 4 is 28.7 Å². The number of hydrogen-bond acceptors (Lipinski definition) is 4. The quantitative estimate of drug-likeness (QED) is 0.696. The second-order valence-corrected chi connectivity index (χ2v) is 6.42. The molecule has 2 atom stereocenters. The number of rotatable bonds is 1. The molecule has 7 heteroatoms. The molecule has 112 valence electrons. The highest BCUT2D eigenvalue weighted by atomic mass is 32.2. The number of thioether (sulfide) groups is 1. The summed E-state index contributed by atoms with van der Waals surface area (Å²) < 4.78 is 14.3. The van der Waals surface area contributed by atoms with Crippen LogP contribution >= 0.6 is 11.8 Å². The number of carbonyl (C=O) groups is 1. The number of fused-ring (bicyclic) bond motifs is 1. The van der Waals surface area contributed by atoms with Gasteiger partial charge < -0.3 is 10.8 Å². The standard InChI is InChI=1S/C14H16FN3O2S/c15-11-4-3-9(16)6-10(11)14-5-1-2-8(14)7-21-12(18-14)17-13(19)20/h3-4,6,8H,1-2,5,7,16H2,(H,17,18)(H,19,20). The van der Waals surface area contributed by atoms with E-state index in [0.29, 0.717) is 22.8 Å². The summed E-state index contributed by atoms with van der Waals surface area (Å²) in [7, 11) is 0. The number of carboxylic acid groups (broad SMARTS) is 1. The van der Waals surface area contributed by atoms with Crippen molar-refractivity contribution in [1.82, 2.24) is 5.32 Å². The highest BCUT2D eigenvalue weighted by Gasteiger charge is 2.48. The second-order valence-electron chi connectivity index (χ2n) is 5.41. The normalized spacial score (nSPS) is 27.9. The Morgan fingerprint density at radius 3 is 3.14 bits per heavy atom. The van der Waals surface area contributed by atoms with Crippen LogP contribution in [0.1, 0.15) is 24.8 Å². The number of hydrogen-bond donors (Lipinski definition) is 3. The van der Waals surface area contributed by atoms with Crippen LogP contribution in [0.25, 0.3) is 0 Å². The number of nitrogens with one attached hydrogen (secondary N) is 1. The third-order valence-corrected chi connectivity index (χ3v) is 5.21. The van der Waals surface area contributed by atoms with Crippen LogP contribution in [0.4, 0.5) is 14.9 Å². The highest BCUT2D eigenvalue weighted by Crippen LogP contribution is 2.51. The second kappa shape index (κ2) is 5.22.